The van der Waals surface area contributed by atoms with Crippen LogP contribution in [0.1, 0.15) is 44.1 Å². The third kappa shape index (κ3) is 4.81. The van der Waals surface area contributed by atoms with Gasteiger partial charge in [-0.3, -0.25) is 9.69 Å². The number of carbonyl (C=O) groups excluding carboxylic acids is 1. The zero-order valence-corrected chi connectivity index (χ0v) is 14.7. The Morgan fingerprint density at radius 3 is 2.54 bits per heavy atom. The van der Waals surface area contributed by atoms with Crippen molar-refractivity contribution >= 4 is 5.97 Å². The molecule has 1 aromatic rings. The Balaban J connectivity index is 1.35. The zero-order valence-electron chi connectivity index (χ0n) is 14.7. The van der Waals surface area contributed by atoms with Crippen LogP contribution in [0.2, 0.25) is 0 Å². The molecule has 0 bridgehead atoms. The summed E-state index contributed by atoms with van der Waals surface area (Å²) in [5, 5.41) is 0. The van der Waals surface area contributed by atoms with Gasteiger partial charge in [0.1, 0.15) is 6.61 Å². The standard InChI is InChI=1S/C20H29NO3/c1-23-19-11-12-21(14-19)18-9-7-16(8-10-18)13-20(22)24-15-17-5-3-2-4-6-17/h2-6,16,18-19H,7-15H2,1H3/t16?,18?,19-/m0/s1. The van der Waals surface area contributed by atoms with E-state index in [9.17, 15) is 4.79 Å². The lowest BCUT2D eigenvalue weighted by molar-refractivity contribution is -0.146. The number of hydrogen-bond acceptors (Lipinski definition) is 4. The highest BCUT2D eigenvalue weighted by molar-refractivity contribution is 5.69. The molecular formula is C20H29NO3. The van der Waals surface area contributed by atoms with E-state index >= 15 is 0 Å². The molecule has 1 atom stereocenters. The number of methoxy groups -OCH3 is 1. The fraction of sp³-hybridized carbons (Fsp3) is 0.650. The molecule has 3 rings (SSSR count). The molecule has 1 aromatic carbocycles. The minimum Gasteiger partial charge on any atom is -0.461 e. The molecule has 1 heterocycles. The molecule has 4 nitrogen and oxygen atoms in total. The predicted molar refractivity (Wildman–Crippen MR) is 93.6 cm³/mol. The quantitative estimate of drug-likeness (QED) is 0.749. The lowest BCUT2D eigenvalue weighted by Gasteiger charge is -2.34. The molecule has 1 aliphatic heterocycles. The summed E-state index contributed by atoms with van der Waals surface area (Å²) in [6, 6.07) is 10.6. The Morgan fingerprint density at radius 2 is 1.88 bits per heavy atom. The van der Waals surface area contributed by atoms with Crippen LogP contribution in [0.15, 0.2) is 30.3 Å². The molecule has 2 aliphatic rings. The molecule has 0 unspecified atom stereocenters. The van der Waals surface area contributed by atoms with Crippen LogP contribution >= 0.6 is 0 Å². The molecule has 1 saturated carbocycles. The van der Waals surface area contributed by atoms with Crippen LogP contribution in [-0.2, 0) is 20.9 Å². The van der Waals surface area contributed by atoms with Gasteiger partial charge in [0.25, 0.3) is 0 Å². The van der Waals surface area contributed by atoms with Gasteiger partial charge in [0.2, 0.25) is 0 Å². The Morgan fingerprint density at radius 1 is 1.12 bits per heavy atom. The molecular weight excluding hydrogens is 302 g/mol. The molecule has 132 valence electrons. The van der Waals surface area contributed by atoms with Gasteiger partial charge in [-0.25, -0.2) is 0 Å². The summed E-state index contributed by atoms with van der Waals surface area (Å²) in [7, 11) is 1.81. The summed E-state index contributed by atoms with van der Waals surface area (Å²) in [5.41, 5.74) is 1.05. The summed E-state index contributed by atoms with van der Waals surface area (Å²) in [5.74, 6) is 0.438. The number of rotatable bonds is 6. The predicted octanol–water partition coefficient (Wildman–Crippen LogP) is 3.40. The number of ether oxygens (including phenoxy) is 2. The van der Waals surface area contributed by atoms with Gasteiger partial charge < -0.3 is 9.47 Å². The van der Waals surface area contributed by atoms with Crippen LogP contribution in [0.5, 0.6) is 0 Å². The number of benzene rings is 1. The molecule has 0 N–H and O–H groups in total. The van der Waals surface area contributed by atoms with Crippen molar-refractivity contribution in [3.05, 3.63) is 35.9 Å². The van der Waals surface area contributed by atoms with Crippen LogP contribution < -0.4 is 0 Å². The van der Waals surface area contributed by atoms with E-state index in [1.165, 1.54) is 12.8 Å². The Hall–Kier alpha value is -1.39. The van der Waals surface area contributed by atoms with Crippen molar-refractivity contribution in [3.63, 3.8) is 0 Å². The van der Waals surface area contributed by atoms with Gasteiger partial charge in [0.05, 0.1) is 6.10 Å². The van der Waals surface area contributed by atoms with E-state index in [1.807, 2.05) is 37.4 Å². The second-order valence-electron chi connectivity index (χ2n) is 7.17. The molecule has 0 spiro atoms. The maximum atomic E-state index is 12.1. The van der Waals surface area contributed by atoms with Gasteiger partial charge >= 0.3 is 5.97 Å². The molecule has 0 radical (unpaired) electrons. The van der Waals surface area contributed by atoms with E-state index in [0.29, 0.717) is 31.1 Å². The van der Waals surface area contributed by atoms with E-state index in [2.05, 4.69) is 4.90 Å². The first-order chi connectivity index (χ1) is 11.7. The van der Waals surface area contributed by atoms with Crippen molar-refractivity contribution in [2.45, 2.75) is 57.3 Å². The van der Waals surface area contributed by atoms with Crippen molar-refractivity contribution in [1.82, 2.24) is 4.90 Å². The number of carbonyl (C=O) groups is 1. The lowest BCUT2D eigenvalue weighted by Crippen LogP contribution is -2.37. The summed E-state index contributed by atoms with van der Waals surface area (Å²) < 4.78 is 10.9. The number of hydrogen-bond donors (Lipinski definition) is 0. The van der Waals surface area contributed by atoms with Crippen molar-refractivity contribution in [1.29, 1.82) is 0 Å². The molecule has 0 amide bonds. The van der Waals surface area contributed by atoms with Gasteiger partial charge in [-0.2, -0.15) is 0 Å². The highest BCUT2D eigenvalue weighted by Gasteiger charge is 2.31. The highest BCUT2D eigenvalue weighted by Crippen LogP contribution is 2.31. The number of likely N-dealkylation sites (tertiary alicyclic amines) is 1. The Bertz CT molecular complexity index is 511. The number of esters is 1. The van der Waals surface area contributed by atoms with Gasteiger partial charge in [-0.15, -0.1) is 0 Å². The van der Waals surface area contributed by atoms with Gasteiger partial charge in [-0.05, 0) is 43.6 Å². The SMILES string of the molecule is CO[C@H]1CCN(C2CCC(CC(=O)OCc3ccccc3)CC2)C1. The average molecular weight is 331 g/mol. The van der Waals surface area contributed by atoms with Crippen LogP contribution in [-0.4, -0.2) is 43.2 Å². The number of nitrogens with zero attached hydrogens (tertiary/aromatic N) is 1. The van der Waals surface area contributed by atoms with Crippen molar-refractivity contribution in [2.75, 3.05) is 20.2 Å². The van der Waals surface area contributed by atoms with Crippen LogP contribution in [0.4, 0.5) is 0 Å². The second-order valence-corrected chi connectivity index (χ2v) is 7.17. The normalized spacial score (nSPS) is 28.0. The summed E-state index contributed by atoms with van der Waals surface area (Å²) >= 11 is 0. The Labute approximate surface area is 145 Å². The van der Waals surface area contributed by atoms with E-state index in [-0.39, 0.29) is 5.97 Å². The van der Waals surface area contributed by atoms with Crippen molar-refractivity contribution in [3.8, 4) is 0 Å². The largest absolute Gasteiger partial charge is 0.461 e. The van der Waals surface area contributed by atoms with Crippen molar-refractivity contribution in [2.24, 2.45) is 5.92 Å². The highest BCUT2D eigenvalue weighted by atomic mass is 16.5. The lowest BCUT2D eigenvalue weighted by atomic mass is 9.83. The Kier molecular flexibility index (Phi) is 6.27. The summed E-state index contributed by atoms with van der Waals surface area (Å²) in [6.45, 7) is 2.62. The van der Waals surface area contributed by atoms with Crippen LogP contribution in [0.3, 0.4) is 0 Å². The van der Waals surface area contributed by atoms with Crippen LogP contribution in [0, 0.1) is 5.92 Å². The topological polar surface area (TPSA) is 38.8 Å². The zero-order chi connectivity index (χ0) is 16.8. The third-order valence-corrected chi connectivity index (χ3v) is 5.54. The molecule has 4 heteroatoms. The first-order valence-electron chi connectivity index (χ1n) is 9.21. The minimum atomic E-state index is -0.0528. The van der Waals surface area contributed by atoms with E-state index in [0.717, 1.165) is 37.9 Å². The average Bonchev–Trinajstić information content (AvgIpc) is 3.11. The van der Waals surface area contributed by atoms with E-state index in [4.69, 9.17) is 9.47 Å². The molecule has 0 aromatic heterocycles. The maximum Gasteiger partial charge on any atom is 0.306 e. The molecule has 2 fully saturated rings. The molecule has 24 heavy (non-hydrogen) atoms. The maximum absolute atomic E-state index is 12.1. The van der Waals surface area contributed by atoms with E-state index in [1.54, 1.807) is 0 Å². The molecule has 1 aliphatic carbocycles. The summed E-state index contributed by atoms with van der Waals surface area (Å²) in [6.07, 6.45) is 6.82. The first kappa shape index (κ1) is 17.4. The minimum absolute atomic E-state index is 0.0528. The monoisotopic (exact) mass is 331 g/mol. The fourth-order valence-corrected chi connectivity index (χ4v) is 4.02. The second kappa shape index (κ2) is 8.63. The summed E-state index contributed by atoms with van der Waals surface area (Å²) in [4.78, 5) is 14.6. The van der Waals surface area contributed by atoms with Crippen LogP contribution in [0.25, 0.3) is 0 Å². The third-order valence-electron chi connectivity index (χ3n) is 5.54. The van der Waals surface area contributed by atoms with Gasteiger partial charge in [0, 0.05) is 32.7 Å². The van der Waals surface area contributed by atoms with Crippen molar-refractivity contribution < 1.29 is 14.3 Å². The smallest absolute Gasteiger partial charge is 0.306 e. The van der Waals surface area contributed by atoms with E-state index < -0.39 is 0 Å². The fourth-order valence-electron chi connectivity index (χ4n) is 4.02. The first-order valence-corrected chi connectivity index (χ1v) is 9.21. The van der Waals surface area contributed by atoms with Gasteiger partial charge in [-0.1, -0.05) is 30.3 Å². The van der Waals surface area contributed by atoms with Gasteiger partial charge in [0.15, 0.2) is 0 Å². The molecule has 1 saturated heterocycles.